The number of anilines is 1. The molecule has 5 rings (SSSR count). The van der Waals surface area contributed by atoms with Gasteiger partial charge in [-0.15, -0.1) is 0 Å². The van der Waals surface area contributed by atoms with E-state index < -0.39 is 9.84 Å². The van der Waals surface area contributed by atoms with E-state index in [1.807, 2.05) is 55.5 Å². The van der Waals surface area contributed by atoms with Gasteiger partial charge in [-0.2, -0.15) is 5.10 Å². The Balaban J connectivity index is 1.51. The van der Waals surface area contributed by atoms with Crippen LogP contribution in [-0.2, 0) is 22.7 Å². The summed E-state index contributed by atoms with van der Waals surface area (Å²) in [4.78, 5) is 15.8. The second kappa shape index (κ2) is 8.82. The number of carbonyl (C=O) groups is 1. The Morgan fingerprint density at radius 2 is 1.80 bits per heavy atom. The van der Waals surface area contributed by atoms with Gasteiger partial charge in [-0.05, 0) is 72.9 Å². The topological polar surface area (TPSA) is 72.3 Å². The predicted octanol–water partition coefficient (Wildman–Crippen LogP) is 5.02. The average Bonchev–Trinajstić information content (AvgIpc) is 3.46. The van der Waals surface area contributed by atoms with E-state index in [-0.39, 0.29) is 5.91 Å². The molecule has 1 amide bonds. The first-order chi connectivity index (χ1) is 16.8. The molecule has 0 radical (unpaired) electrons. The molecule has 0 bridgehead atoms. The molecule has 0 saturated heterocycles. The molecule has 0 aliphatic carbocycles. The molecule has 1 aliphatic rings. The third-order valence-electron chi connectivity index (χ3n) is 6.43. The third kappa shape index (κ3) is 4.28. The average molecular weight is 486 g/mol. The maximum atomic E-state index is 13.7. The number of carbonyl (C=O) groups excluding carboxylic acids is 1. The summed E-state index contributed by atoms with van der Waals surface area (Å²) in [6.45, 7) is 4.55. The lowest BCUT2D eigenvalue weighted by Crippen LogP contribution is -2.30. The lowest BCUT2D eigenvalue weighted by Gasteiger charge is -2.19. The highest BCUT2D eigenvalue weighted by atomic mass is 32.2. The van der Waals surface area contributed by atoms with Gasteiger partial charge >= 0.3 is 0 Å². The van der Waals surface area contributed by atoms with Crippen molar-refractivity contribution in [3.63, 3.8) is 0 Å². The van der Waals surface area contributed by atoms with Crippen molar-refractivity contribution in [2.24, 2.45) is 0 Å². The fraction of sp³-hybridized carbons (Fsp3) is 0.214. The van der Waals surface area contributed by atoms with Gasteiger partial charge in [-0.3, -0.25) is 4.79 Å². The molecule has 1 aliphatic heterocycles. The fourth-order valence-corrected chi connectivity index (χ4v) is 5.61. The Hall–Kier alpha value is -3.71. The second-order valence-electron chi connectivity index (χ2n) is 8.92. The minimum atomic E-state index is -3.36. The van der Waals surface area contributed by atoms with Crippen LogP contribution in [0.1, 0.15) is 34.2 Å². The number of nitrogens with zero attached hydrogens (tertiary/aromatic N) is 3. The minimum absolute atomic E-state index is 0.101. The van der Waals surface area contributed by atoms with Crippen LogP contribution in [0.2, 0.25) is 0 Å². The zero-order chi connectivity index (χ0) is 24.7. The van der Waals surface area contributed by atoms with E-state index >= 15 is 0 Å². The summed E-state index contributed by atoms with van der Waals surface area (Å²) in [6.07, 6.45) is 2.83. The molecule has 178 valence electrons. The first-order valence-corrected chi connectivity index (χ1v) is 13.6. The monoisotopic (exact) mass is 485 g/mol. The van der Waals surface area contributed by atoms with Crippen molar-refractivity contribution in [2.75, 3.05) is 17.7 Å². The highest BCUT2D eigenvalue weighted by Gasteiger charge is 2.29. The SMILES string of the molecule is CCc1cccc(-n2nc(C)cc2C(=O)N2CCc3cc(-c4ccccc4S(C)(=O)=O)ccc32)c1. The number of benzene rings is 3. The highest BCUT2D eigenvalue weighted by Crippen LogP contribution is 2.35. The van der Waals surface area contributed by atoms with Crippen LogP contribution in [0.5, 0.6) is 0 Å². The van der Waals surface area contributed by atoms with Crippen molar-refractivity contribution in [3.8, 4) is 16.8 Å². The molecule has 6 nitrogen and oxygen atoms in total. The molecule has 0 fully saturated rings. The van der Waals surface area contributed by atoms with Crippen molar-refractivity contribution in [1.82, 2.24) is 9.78 Å². The van der Waals surface area contributed by atoms with Gasteiger partial charge in [0.2, 0.25) is 0 Å². The molecule has 35 heavy (non-hydrogen) atoms. The van der Waals surface area contributed by atoms with E-state index in [2.05, 4.69) is 24.2 Å². The van der Waals surface area contributed by atoms with Crippen LogP contribution in [-0.4, -0.2) is 36.9 Å². The molecule has 1 aromatic heterocycles. The smallest absolute Gasteiger partial charge is 0.277 e. The fourth-order valence-electron chi connectivity index (χ4n) is 4.70. The zero-order valence-corrected chi connectivity index (χ0v) is 20.8. The van der Waals surface area contributed by atoms with Crippen LogP contribution in [0, 0.1) is 6.92 Å². The van der Waals surface area contributed by atoms with E-state index in [1.165, 1.54) is 11.8 Å². The summed E-state index contributed by atoms with van der Waals surface area (Å²) >= 11 is 0. The molecule has 2 heterocycles. The number of hydrogen-bond acceptors (Lipinski definition) is 4. The molecular formula is C28H27N3O3S. The van der Waals surface area contributed by atoms with E-state index in [1.54, 1.807) is 21.7 Å². The Labute approximate surface area is 205 Å². The van der Waals surface area contributed by atoms with Crippen molar-refractivity contribution in [1.29, 1.82) is 0 Å². The lowest BCUT2D eigenvalue weighted by atomic mass is 10.0. The van der Waals surface area contributed by atoms with Gasteiger partial charge in [0.25, 0.3) is 5.91 Å². The van der Waals surface area contributed by atoms with Gasteiger partial charge < -0.3 is 4.90 Å². The molecular weight excluding hydrogens is 458 g/mol. The van der Waals surface area contributed by atoms with Crippen LogP contribution < -0.4 is 4.90 Å². The van der Waals surface area contributed by atoms with Crippen LogP contribution in [0.4, 0.5) is 5.69 Å². The first kappa shape index (κ1) is 23.1. The number of rotatable bonds is 5. The lowest BCUT2D eigenvalue weighted by molar-refractivity contribution is 0.0982. The molecule has 0 spiro atoms. The number of amides is 1. The molecule has 0 atom stereocenters. The quantitative estimate of drug-likeness (QED) is 0.398. The normalized spacial score (nSPS) is 13.2. The number of hydrogen-bond donors (Lipinski definition) is 0. The molecule has 0 N–H and O–H groups in total. The van der Waals surface area contributed by atoms with Crippen molar-refractivity contribution < 1.29 is 13.2 Å². The minimum Gasteiger partial charge on any atom is -0.306 e. The van der Waals surface area contributed by atoms with E-state index in [9.17, 15) is 13.2 Å². The molecule has 3 aromatic carbocycles. The van der Waals surface area contributed by atoms with Crippen LogP contribution in [0.15, 0.2) is 77.7 Å². The Morgan fingerprint density at radius 1 is 1.00 bits per heavy atom. The molecule has 0 unspecified atom stereocenters. The Bertz CT molecular complexity index is 1550. The standard InChI is InChI=1S/C28H27N3O3S/c1-4-20-8-7-9-23(17-20)31-26(16-19(2)29-31)28(32)30-15-14-22-18-21(12-13-25(22)30)24-10-5-6-11-27(24)35(3,33)34/h5-13,16-18H,4,14-15H2,1-3H3. The summed E-state index contributed by atoms with van der Waals surface area (Å²) < 4.78 is 26.3. The van der Waals surface area contributed by atoms with Gasteiger partial charge in [0.05, 0.1) is 16.3 Å². The number of fused-ring (bicyclic) bond motifs is 1. The maximum absolute atomic E-state index is 13.7. The van der Waals surface area contributed by atoms with Crippen LogP contribution >= 0.6 is 0 Å². The van der Waals surface area contributed by atoms with Gasteiger partial charge in [0, 0.05) is 24.1 Å². The first-order valence-electron chi connectivity index (χ1n) is 11.7. The van der Waals surface area contributed by atoms with Crippen LogP contribution in [0.3, 0.4) is 0 Å². The van der Waals surface area contributed by atoms with Crippen LogP contribution in [0.25, 0.3) is 16.8 Å². The van der Waals surface area contributed by atoms with Crippen molar-refractivity contribution in [3.05, 3.63) is 95.3 Å². The van der Waals surface area contributed by atoms with Crippen molar-refractivity contribution in [2.45, 2.75) is 31.6 Å². The molecule has 7 heteroatoms. The molecule has 0 saturated carbocycles. The molecule has 4 aromatic rings. The summed E-state index contributed by atoms with van der Waals surface area (Å²) in [7, 11) is -3.36. The van der Waals surface area contributed by atoms with E-state index in [0.717, 1.165) is 34.6 Å². The van der Waals surface area contributed by atoms with Gasteiger partial charge in [-0.1, -0.05) is 43.3 Å². The van der Waals surface area contributed by atoms with Gasteiger partial charge in [-0.25, -0.2) is 13.1 Å². The van der Waals surface area contributed by atoms with Gasteiger partial charge in [0.15, 0.2) is 9.84 Å². The predicted molar refractivity (Wildman–Crippen MR) is 138 cm³/mol. The third-order valence-corrected chi connectivity index (χ3v) is 7.59. The summed E-state index contributed by atoms with van der Waals surface area (Å²) in [5.74, 6) is -0.101. The number of aromatic nitrogens is 2. The summed E-state index contributed by atoms with van der Waals surface area (Å²) in [5.41, 5.74) is 6.73. The number of aryl methyl sites for hydroxylation is 2. The van der Waals surface area contributed by atoms with E-state index in [0.29, 0.717) is 29.1 Å². The number of sulfone groups is 1. The summed E-state index contributed by atoms with van der Waals surface area (Å²) in [5, 5.41) is 4.60. The summed E-state index contributed by atoms with van der Waals surface area (Å²) in [6, 6.07) is 22.7. The largest absolute Gasteiger partial charge is 0.306 e. The van der Waals surface area contributed by atoms with Gasteiger partial charge in [0.1, 0.15) is 5.69 Å². The zero-order valence-electron chi connectivity index (χ0n) is 20.0. The second-order valence-corrected chi connectivity index (χ2v) is 10.9. The van der Waals surface area contributed by atoms with Crippen molar-refractivity contribution >= 4 is 21.4 Å². The Morgan fingerprint density at radius 3 is 2.57 bits per heavy atom. The Kier molecular flexibility index (Phi) is 5.81. The van der Waals surface area contributed by atoms with E-state index in [4.69, 9.17) is 0 Å². The maximum Gasteiger partial charge on any atom is 0.277 e. The highest BCUT2D eigenvalue weighted by molar-refractivity contribution is 7.90.